The number of nitrogens with one attached hydrogen (secondary N) is 2. The highest BCUT2D eigenvalue weighted by atomic mass is 16.7. The number of esters is 2. The molecule has 2 atom stereocenters. The van der Waals surface area contributed by atoms with Gasteiger partial charge in [0.2, 0.25) is 6.29 Å². The molecule has 0 radical (unpaired) electrons. The summed E-state index contributed by atoms with van der Waals surface area (Å²) in [6, 6.07) is 13.0. The third-order valence-electron chi connectivity index (χ3n) is 8.31. The first-order valence-electron chi connectivity index (χ1n) is 15.8. The van der Waals surface area contributed by atoms with Gasteiger partial charge in [0.25, 0.3) is 5.91 Å². The molecule has 0 aliphatic heterocycles. The topological polar surface area (TPSA) is 171 Å². The van der Waals surface area contributed by atoms with Gasteiger partial charge >= 0.3 is 11.9 Å². The number of hydrogen-bond acceptors (Lipinski definition) is 9. The van der Waals surface area contributed by atoms with Crippen LogP contribution in [-0.4, -0.2) is 54.4 Å². The standard InChI is InChI=1S/C37H42N4O7/c1-7-25-17-29(31(42)16-23-10-12-26(13-11-23)34(38)39)28(18-32(25)46-6)27-14-15-30(35(43)40-19-24-8-9-24)41-33(27)37(45)48-22(5)47-36(44)21(4)20(2)3/h7,10-15,17-18,20-22,24H,1,8-9,16,19H2,2-6H3,(H3,38,39)(H,40,43)/t21-,22?/m0/s1. The molecule has 1 aliphatic carbocycles. The number of benzene rings is 2. The van der Waals surface area contributed by atoms with Gasteiger partial charge in [0, 0.05) is 42.1 Å². The highest BCUT2D eigenvalue weighted by Crippen LogP contribution is 2.35. The van der Waals surface area contributed by atoms with E-state index in [4.69, 9.17) is 25.4 Å². The van der Waals surface area contributed by atoms with E-state index in [-0.39, 0.29) is 46.5 Å². The summed E-state index contributed by atoms with van der Waals surface area (Å²) in [4.78, 5) is 57.7. The van der Waals surface area contributed by atoms with E-state index in [1.54, 1.807) is 49.4 Å². The van der Waals surface area contributed by atoms with E-state index in [0.717, 1.165) is 12.8 Å². The second-order valence-corrected chi connectivity index (χ2v) is 12.2. The molecule has 2 aromatic carbocycles. The van der Waals surface area contributed by atoms with Crippen LogP contribution in [-0.2, 0) is 20.7 Å². The Balaban J connectivity index is 1.77. The number of ketones is 1. The molecule has 4 rings (SSSR count). The summed E-state index contributed by atoms with van der Waals surface area (Å²) in [5.74, 6) is -1.93. The molecule has 1 aliphatic rings. The van der Waals surface area contributed by atoms with Crippen LogP contribution in [0.25, 0.3) is 17.2 Å². The molecule has 3 aromatic rings. The van der Waals surface area contributed by atoms with Crippen molar-refractivity contribution in [2.75, 3.05) is 13.7 Å². The van der Waals surface area contributed by atoms with Gasteiger partial charge in [0.05, 0.1) is 13.0 Å². The highest BCUT2D eigenvalue weighted by Gasteiger charge is 2.28. The van der Waals surface area contributed by atoms with Crippen LogP contribution < -0.4 is 15.8 Å². The molecule has 1 aromatic heterocycles. The first kappa shape index (κ1) is 35.5. The zero-order chi connectivity index (χ0) is 35.1. The normalized spacial score (nSPS) is 13.6. The molecule has 11 heteroatoms. The third kappa shape index (κ3) is 8.72. The van der Waals surface area contributed by atoms with Gasteiger partial charge in [0.15, 0.2) is 11.5 Å². The molecule has 0 spiro atoms. The number of methoxy groups -OCH3 is 1. The number of hydrogen-bond donors (Lipinski definition) is 3. The minimum absolute atomic E-state index is 0.00994. The fraction of sp³-hybridized carbons (Fsp3) is 0.351. The Morgan fingerprint density at radius 2 is 1.71 bits per heavy atom. The van der Waals surface area contributed by atoms with Gasteiger partial charge in [-0.15, -0.1) is 0 Å². The average Bonchev–Trinajstić information content (AvgIpc) is 3.90. The highest BCUT2D eigenvalue weighted by molar-refractivity contribution is 6.07. The van der Waals surface area contributed by atoms with Crippen molar-refractivity contribution >= 4 is 35.5 Å². The number of carbonyl (C=O) groups is 4. The summed E-state index contributed by atoms with van der Waals surface area (Å²) in [5, 5.41) is 10.5. The number of amides is 1. The zero-order valence-corrected chi connectivity index (χ0v) is 27.9. The Morgan fingerprint density at radius 1 is 1.02 bits per heavy atom. The largest absolute Gasteiger partial charge is 0.496 e. The molecule has 1 fully saturated rings. The summed E-state index contributed by atoms with van der Waals surface area (Å²) < 4.78 is 16.5. The van der Waals surface area contributed by atoms with Crippen LogP contribution in [0.1, 0.15) is 88.6 Å². The maximum Gasteiger partial charge on any atom is 0.360 e. The third-order valence-corrected chi connectivity index (χ3v) is 8.31. The number of nitrogens with zero attached hydrogens (tertiary/aromatic N) is 1. The van der Waals surface area contributed by atoms with Crippen LogP contribution in [0.3, 0.4) is 0 Å². The maximum absolute atomic E-state index is 13.9. The predicted molar refractivity (Wildman–Crippen MR) is 182 cm³/mol. The van der Waals surface area contributed by atoms with Crippen molar-refractivity contribution in [1.82, 2.24) is 10.3 Å². The molecule has 48 heavy (non-hydrogen) atoms. The second-order valence-electron chi connectivity index (χ2n) is 12.2. The van der Waals surface area contributed by atoms with Crippen LogP contribution >= 0.6 is 0 Å². The van der Waals surface area contributed by atoms with Gasteiger partial charge in [-0.3, -0.25) is 19.8 Å². The summed E-state index contributed by atoms with van der Waals surface area (Å²) >= 11 is 0. The zero-order valence-electron chi connectivity index (χ0n) is 27.9. The fourth-order valence-corrected chi connectivity index (χ4v) is 4.85. The number of carbonyl (C=O) groups excluding carboxylic acids is 4. The Labute approximate surface area is 280 Å². The van der Waals surface area contributed by atoms with Crippen LogP contribution in [0.4, 0.5) is 0 Å². The van der Waals surface area contributed by atoms with Crippen molar-refractivity contribution in [3.05, 3.63) is 88.8 Å². The van der Waals surface area contributed by atoms with E-state index >= 15 is 0 Å². The molecule has 1 unspecified atom stereocenters. The number of nitrogen functional groups attached to an aromatic ring is 1. The SMILES string of the molecule is C=Cc1cc(C(=O)Cc2ccc(C(=N)N)cc2)c(-c2ccc(C(=O)NCC3CC3)nc2C(=O)OC(C)OC(=O)[C@@H](C)C(C)C)cc1OC. The van der Waals surface area contributed by atoms with Crippen molar-refractivity contribution in [2.45, 2.75) is 53.2 Å². The number of nitrogens with two attached hydrogens (primary N) is 1. The first-order valence-corrected chi connectivity index (χ1v) is 15.8. The Kier molecular flexibility index (Phi) is 11.5. The van der Waals surface area contributed by atoms with E-state index < -0.39 is 30.1 Å². The van der Waals surface area contributed by atoms with Crippen LogP contribution in [0.2, 0.25) is 0 Å². The fourth-order valence-electron chi connectivity index (χ4n) is 4.85. The van der Waals surface area contributed by atoms with E-state index in [0.29, 0.717) is 40.5 Å². The number of rotatable bonds is 15. The lowest BCUT2D eigenvalue weighted by atomic mass is 9.90. The van der Waals surface area contributed by atoms with E-state index in [1.807, 2.05) is 13.8 Å². The van der Waals surface area contributed by atoms with Gasteiger partial charge in [0.1, 0.15) is 17.3 Å². The van der Waals surface area contributed by atoms with Crippen molar-refractivity contribution in [3.63, 3.8) is 0 Å². The van der Waals surface area contributed by atoms with Crippen LogP contribution in [0.5, 0.6) is 5.75 Å². The van der Waals surface area contributed by atoms with Crippen molar-refractivity contribution in [2.24, 2.45) is 23.5 Å². The molecule has 1 heterocycles. The Bertz CT molecular complexity index is 1730. The van der Waals surface area contributed by atoms with Gasteiger partial charge in [-0.2, -0.15) is 0 Å². The van der Waals surface area contributed by atoms with Crippen molar-refractivity contribution in [1.29, 1.82) is 5.41 Å². The molecule has 11 nitrogen and oxygen atoms in total. The molecule has 252 valence electrons. The molecular formula is C37H42N4O7. The lowest BCUT2D eigenvalue weighted by Crippen LogP contribution is -2.29. The number of amidine groups is 1. The van der Waals surface area contributed by atoms with Crippen LogP contribution in [0, 0.1) is 23.2 Å². The minimum Gasteiger partial charge on any atom is -0.496 e. The van der Waals surface area contributed by atoms with E-state index in [9.17, 15) is 19.2 Å². The van der Waals surface area contributed by atoms with Gasteiger partial charge in [-0.05, 0) is 60.1 Å². The van der Waals surface area contributed by atoms with Crippen LogP contribution in [0.15, 0.2) is 55.1 Å². The lowest BCUT2D eigenvalue weighted by Gasteiger charge is -2.20. The maximum atomic E-state index is 13.9. The Hall–Kier alpha value is -5.32. The second kappa shape index (κ2) is 15.5. The first-order chi connectivity index (χ1) is 22.8. The van der Waals surface area contributed by atoms with Gasteiger partial charge in [-0.25, -0.2) is 9.78 Å². The lowest BCUT2D eigenvalue weighted by molar-refractivity contribution is -0.171. The molecule has 0 saturated heterocycles. The monoisotopic (exact) mass is 654 g/mol. The summed E-state index contributed by atoms with van der Waals surface area (Å²) in [7, 11) is 1.47. The minimum atomic E-state index is -1.26. The summed E-state index contributed by atoms with van der Waals surface area (Å²) in [6.45, 7) is 11.2. The molecular weight excluding hydrogens is 612 g/mol. The van der Waals surface area contributed by atoms with E-state index in [2.05, 4.69) is 16.9 Å². The summed E-state index contributed by atoms with van der Waals surface area (Å²) in [6.07, 6.45) is 2.36. The quantitative estimate of drug-likeness (QED) is 0.0621. The average molecular weight is 655 g/mol. The number of pyridine rings is 1. The van der Waals surface area contributed by atoms with Gasteiger partial charge in [-0.1, -0.05) is 57.7 Å². The summed E-state index contributed by atoms with van der Waals surface area (Å²) in [5.41, 5.74) is 7.83. The molecule has 1 amide bonds. The number of ether oxygens (including phenoxy) is 3. The molecule has 4 N–H and O–H groups in total. The number of aromatic nitrogens is 1. The Morgan fingerprint density at radius 3 is 2.29 bits per heavy atom. The van der Waals surface area contributed by atoms with Gasteiger partial charge < -0.3 is 25.3 Å². The van der Waals surface area contributed by atoms with E-state index in [1.165, 1.54) is 26.2 Å². The molecule has 0 bridgehead atoms. The smallest absolute Gasteiger partial charge is 0.360 e. The van der Waals surface area contributed by atoms with Crippen molar-refractivity contribution in [3.8, 4) is 16.9 Å². The predicted octanol–water partition coefficient (Wildman–Crippen LogP) is 5.59. The number of Topliss-reactive ketones (excluding diaryl/α,β-unsaturated/α-hetero) is 1. The van der Waals surface area contributed by atoms with Crippen molar-refractivity contribution < 1.29 is 33.4 Å². The molecule has 1 saturated carbocycles.